The number of ether oxygens (including phenoxy) is 1. The number of aliphatic hydroxyl groups excluding tert-OH is 2. The second-order valence-electron chi connectivity index (χ2n) is 8.20. The average molecular weight is 398 g/mol. The molecule has 1 heterocycles. The third kappa shape index (κ3) is 4.83. The van der Waals surface area contributed by atoms with Crippen LogP contribution in [0.5, 0.6) is 5.75 Å². The Morgan fingerprint density at radius 2 is 2.24 bits per heavy atom. The largest absolute Gasteiger partial charge is 0.489 e. The van der Waals surface area contributed by atoms with Gasteiger partial charge in [-0.2, -0.15) is 0 Å². The molecule has 1 fully saturated rings. The molecule has 5 nitrogen and oxygen atoms in total. The number of carbonyl (C=O) groups is 1. The van der Waals surface area contributed by atoms with E-state index >= 15 is 0 Å². The van der Waals surface area contributed by atoms with Gasteiger partial charge in [0.1, 0.15) is 11.9 Å². The Labute approximate surface area is 173 Å². The fraction of sp³-hybridized carbons (Fsp3) is 0.542. The van der Waals surface area contributed by atoms with E-state index in [1.54, 1.807) is 13.0 Å². The first-order valence-corrected chi connectivity index (χ1v) is 10.4. The molecule has 0 radical (unpaired) electrons. The first kappa shape index (κ1) is 21.4. The van der Waals surface area contributed by atoms with Crippen LogP contribution in [0.4, 0.5) is 0 Å². The van der Waals surface area contributed by atoms with E-state index in [2.05, 4.69) is 17.9 Å². The first-order valence-electron chi connectivity index (χ1n) is 10.4. The molecule has 0 spiro atoms. The molecule has 156 valence electrons. The summed E-state index contributed by atoms with van der Waals surface area (Å²) in [5.74, 6) is 6.48. The second-order valence-corrected chi connectivity index (χ2v) is 8.20. The number of para-hydroxylation sites is 1. The Bertz CT molecular complexity index is 822. The van der Waals surface area contributed by atoms with Crippen LogP contribution in [0.3, 0.4) is 0 Å². The minimum atomic E-state index is -0.593. The summed E-state index contributed by atoms with van der Waals surface area (Å²) < 4.78 is 6.24. The molecular weight excluding hydrogens is 366 g/mol. The summed E-state index contributed by atoms with van der Waals surface area (Å²) in [5.41, 5.74) is 7.44. The molecule has 5 heteroatoms. The maximum atomic E-state index is 11.0. The standard InChI is InChI=1S/C24H31NO4/c1-3-4-7-15(2)19(26)13-12-17-20(27)14-21-23(17)18-10-5-8-16(24(18)29-21)9-6-11-22(25)28/h5,8,10,12-13,15,17,19-21,23,26-27H,6-7,9,11,14H2,1-2H3,(H2,25,28)/b13-12+/t15-,17-,19-,20+,21-,23-/m0/s1. The summed E-state index contributed by atoms with van der Waals surface area (Å²) in [6.07, 6.45) is 5.61. The lowest BCUT2D eigenvalue weighted by atomic mass is 9.86. The summed E-state index contributed by atoms with van der Waals surface area (Å²) in [6, 6.07) is 6.10. The summed E-state index contributed by atoms with van der Waals surface area (Å²) in [5, 5.41) is 21.0. The van der Waals surface area contributed by atoms with E-state index in [0.29, 0.717) is 25.7 Å². The van der Waals surface area contributed by atoms with Crippen LogP contribution in [-0.2, 0) is 11.2 Å². The van der Waals surface area contributed by atoms with Gasteiger partial charge in [0, 0.05) is 36.7 Å². The molecule has 3 rings (SSSR count). The number of carbonyl (C=O) groups excluding carboxylic acids is 1. The van der Waals surface area contributed by atoms with Crippen molar-refractivity contribution in [3.8, 4) is 17.6 Å². The molecule has 0 bridgehead atoms. The predicted molar refractivity (Wildman–Crippen MR) is 112 cm³/mol. The quantitative estimate of drug-likeness (QED) is 0.464. The topological polar surface area (TPSA) is 92.8 Å². The van der Waals surface area contributed by atoms with Gasteiger partial charge in [-0.3, -0.25) is 4.79 Å². The van der Waals surface area contributed by atoms with Gasteiger partial charge in [-0.1, -0.05) is 37.3 Å². The van der Waals surface area contributed by atoms with Crippen LogP contribution >= 0.6 is 0 Å². The van der Waals surface area contributed by atoms with E-state index < -0.39 is 12.2 Å². The number of primary amides is 1. The molecule has 0 unspecified atom stereocenters. The van der Waals surface area contributed by atoms with Gasteiger partial charge in [0.15, 0.2) is 0 Å². The maximum Gasteiger partial charge on any atom is 0.217 e. The van der Waals surface area contributed by atoms with Crippen molar-refractivity contribution in [2.45, 2.75) is 70.2 Å². The molecule has 2 aliphatic rings. The van der Waals surface area contributed by atoms with Crippen molar-refractivity contribution in [3.63, 3.8) is 0 Å². The lowest BCUT2D eigenvalue weighted by Crippen LogP contribution is -2.19. The smallest absolute Gasteiger partial charge is 0.217 e. The molecule has 6 atom stereocenters. The zero-order chi connectivity index (χ0) is 21.0. The first-order chi connectivity index (χ1) is 13.9. The highest BCUT2D eigenvalue weighted by molar-refractivity contribution is 5.73. The molecule has 1 saturated carbocycles. The number of hydrogen-bond donors (Lipinski definition) is 3. The van der Waals surface area contributed by atoms with Crippen LogP contribution in [0.15, 0.2) is 30.4 Å². The van der Waals surface area contributed by atoms with Crippen molar-refractivity contribution < 1.29 is 19.7 Å². The normalized spacial score (nSPS) is 26.9. The maximum absolute atomic E-state index is 11.0. The van der Waals surface area contributed by atoms with Gasteiger partial charge in [0.2, 0.25) is 5.91 Å². The number of aryl methyl sites for hydroxylation is 1. The van der Waals surface area contributed by atoms with Gasteiger partial charge in [-0.15, -0.1) is 11.8 Å². The lowest BCUT2D eigenvalue weighted by Gasteiger charge is -2.19. The summed E-state index contributed by atoms with van der Waals surface area (Å²) in [6.45, 7) is 3.77. The van der Waals surface area contributed by atoms with Crippen molar-refractivity contribution in [2.24, 2.45) is 17.6 Å². The highest BCUT2D eigenvalue weighted by atomic mass is 16.5. The van der Waals surface area contributed by atoms with E-state index in [9.17, 15) is 15.0 Å². The van der Waals surface area contributed by atoms with E-state index in [-0.39, 0.29) is 29.8 Å². The number of aliphatic hydroxyl groups is 2. The Morgan fingerprint density at radius 1 is 1.45 bits per heavy atom. The fourth-order valence-corrected chi connectivity index (χ4v) is 4.43. The van der Waals surface area contributed by atoms with Gasteiger partial charge < -0.3 is 20.7 Å². The molecule has 1 aromatic carbocycles. The number of hydrogen-bond acceptors (Lipinski definition) is 4. The van der Waals surface area contributed by atoms with E-state index in [0.717, 1.165) is 23.3 Å². The molecule has 1 amide bonds. The third-order valence-electron chi connectivity index (χ3n) is 6.07. The van der Waals surface area contributed by atoms with Crippen molar-refractivity contribution >= 4 is 5.91 Å². The Hall–Kier alpha value is -2.29. The van der Waals surface area contributed by atoms with Crippen molar-refractivity contribution in [1.29, 1.82) is 0 Å². The third-order valence-corrected chi connectivity index (χ3v) is 6.07. The molecule has 1 aromatic rings. The lowest BCUT2D eigenvalue weighted by molar-refractivity contribution is -0.118. The number of nitrogens with two attached hydrogens (primary N) is 1. The van der Waals surface area contributed by atoms with Crippen molar-refractivity contribution in [3.05, 3.63) is 41.5 Å². The van der Waals surface area contributed by atoms with Crippen LogP contribution in [0, 0.1) is 23.7 Å². The van der Waals surface area contributed by atoms with Gasteiger partial charge >= 0.3 is 0 Å². The fourth-order valence-electron chi connectivity index (χ4n) is 4.43. The average Bonchev–Trinajstić information content (AvgIpc) is 3.19. The molecule has 1 aliphatic carbocycles. The minimum absolute atomic E-state index is 0.0389. The van der Waals surface area contributed by atoms with Crippen LogP contribution in [0.25, 0.3) is 0 Å². The molecular formula is C24H31NO4. The zero-order valence-electron chi connectivity index (χ0n) is 17.2. The van der Waals surface area contributed by atoms with Crippen molar-refractivity contribution in [1.82, 2.24) is 0 Å². The van der Waals surface area contributed by atoms with Gasteiger partial charge in [0.05, 0.1) is 12.2 Å². The van der Waals surface area contributed by atoms with E-state index in [1.807, 2.05) is 25.1 Å². The summed E-state index contributed by atoms with van der Waals surface area (Å²) in [4.78, 5) is 11.0. The van der Waals surface area contributed by atoms with Crippen LogP contribution in [0.2, 0.25) is 0 Å². The van der Waals surface area contributed by atoms with Gasteiger partial charge in [-0.05, 0) is 31.2 Å². The monoisotopic (exact) mass is 397 g/mol. The molecule has 29 heavy (non-hydrogen) atoms. The molecule has 4 N–H and O–H groups in total. The van der Waals surface area contributed by atoms with Gasteiger partial charge in [0.25, 0.3) is 0 Å². The van der Waals surface area contributed by atoms with E-state index in [4.69, 9.17) is 10.5 Å². The molecule has 0 aromatic heterocycles. The number of amides is 1. The van der Waals surface area contributed by atoms with Crippen LogP contribution < -0.4 is 10.5 Å². The molecule has 0 saturated heterocycles. The molecule has 1 aliphatic heterocycles. The van der Waals surface area contributed by atoms with Crippen LogP contribution in [-0.4, -0.2) is 34.4 Å². The summed E-state index contributed by atoms with van der Waals surface area (Å²) >= 11 is 0. The Balaban J connectivity index is 1.75. The highest BCUT2D eigenvalue weighted by Gasteiger charge is 2.48. The Morgan fingerprint density at radius 3 is 2.97 bits per heavy atom. The highest BCUT2D eigenvalue weighted by Crippen LogP contribution is 2.52. The number of rotatable bonds is 8. The van der Waals surface area contributed by atoms with Crippen LogP contribution in [0.1, 0.15) is 56.6 Å². The van der Waals surface area contributed by atoms with E-state index in [1.165, 1.54) is 0 Å². The SMILES string of the molecule is CC#CC[C@H](C)[C@@H](O)/C=C/[C@@H]1[C@H]2c3cccc(CCCC(N)=O)c3O[C@H]2C[C@H]1O. The summed E-state index contributed by atoms with van der Waals surface area (Å²) in [7, 11) is 0. The van der Waals surface area contributed by atoms with Gasteiger partial charge in [-0.25, -0.2) is 0 Å². The minimum Gasteiger partial charge on any atom is -0.489 e. The Kier molecular flexibility index (Phi) is 7.00. The predicted octanol–water partition coefficient (Wildman–Crippen LogP) is 2.69. The second kappa shape index (κ2) is 9.47. The number of benzene rings is 1. The number of fused-ring (bicyclic) bond motifs is 3. The zero-order valence-corrected chi connectivity index (χ0v) is 17.2. The van der Waals surface area contributed by atoms with Crippen molar-refractivity contribution in [2.75, 3.05) is 0 Å².